The van der Waals surface area contributed by atoms with E-state index in [2.05, 4.69) is 5.32 Å². The summed E-state index contributed by atoms with van der Waals surface area (Å²) in [5.41, 5.74) is 0.857. The Labute approximate surface area is 129 Å². The molecule has 1 N–H and O–H groups in total. The van der Waals surface area contributed by atoms with Gasteiger partial charge in [0, 0.05) is 17.3 Å². The van der Waals surface area contributed by atoms with E-state index in [0.29, 0.717) is 22.7 Å². The summed E-state index contributed by atoms with van der Waals surface area (Å²) in [5.74, 6) is -0.483. The Kier molecular flexibility index (Phi) is 4.78. The van der Waals surface area contributed by atoms with Crippen LogP contribution in [0.4, 0.5) is 5.69 Å². The lowest BCUT2D eigenvalue weighted by molar-refractivity contribution is 0.0602. The SMILES string of the molecule is COC(=O)c1ccc(Cl)cc1NC1CCCC1S(C)(=O)=O. The van der Waals surface area contributed by atoms with Crippen molar-refractivity contribution in [2.24, 2.45) is 0 Å². The fourth-order valence-electron chi connectivity index (χ4n) is 2.73. The van der Waals surface area contributed by atoms with Gasteiger partial charge in [-0.1, -0.05) is 11.6 Å². The Morgan fingerprint density at radius 3 is 2.71 bits per heavy atom. The summed E-state index contributed by atoms with van der Waals surface area (Å²) in [6.07, 6.45) is 3.45. The Morgan fingerprint density at radius 1 is 1.38 bits per heavy atom. The minimum Gasteiger partial charge on any atom is -0.465 e. The second-order valence-electron chi connectivity index (χ2n) is 5.23. The molecule has 0 aliphatic heterocycles. The molecule has 2 unspecified atom stereocenters. The molecule has 1 aliphatic rings. The van der Waals surface area contributed by atoms with Gasteiger partial charge in [-0.15, -0.1) is 0 Å². The molecule has 0 bridgehead atoms. The predicted octanol–water partition coefficient (Wildman–Crippen LogP) is 2.50. The van der Waals surface area contributed by atoms with Crippen molar-refractivity contribution in [2.45, 2.75) is 30.6 Å². The molecule has 0 aromatic heterocycles. The smallest absolute Gasteiger partial charge is 0.339 e. The number of carbonyl (C=O) groups is 1. The molecule has 0 heterocycles. The van der Waals surface area contributed by atoms with Crippen LogP contribution in [0.2, 0.25) is 5.02 Å². The zero-order chi connectivity index (χ0) is 15.6. The normalized spacial score (nSPS) is 22.0. The van der Waals surface area contributed by atoms with Crippen molar-refractivity contribution in [3.05, 3.63) is 28.8 Å². The maximum atomic E-state index is 11.8. The minimum atomic E-state index is -3.13. The van der Waals surface area contributed by atoms with Crippen molar-refractivity contribution in [1.29, 1.82) is 0 Å². The summed E-state index contributed by atoms with van der Waals surface area (Å²) < 4.78 is 28.4. The number of sulfone groups is 1. The van der Waals surface area contributed by atoms with Crippen LogP contribution in [0.25, 0.3) is 0 Å². The van der Waals surface area contributed by atoms with E-state index in [4.69, 9.17) is 16.3 Å². The van der Waals surface area contributed by atoms with Gasteiger partial charge in [-0.05, 0) is 37.5 Å². The Hall–Kier alpha value is -1.27. The molecule has 5 nitrogen and oxygen atoms in total. The average Bonchev–Trinajstić information content (AvgIpc) is 2.86. The number of nitrogens with one attached hydrogen (secondary N) is 1. The Bertz CT molecular complexity index is 644. The Morgan fingerprint density at radius 2 is 2.10 bits per heavy atom. The topological polar surface area (TPSA) is 72.5 Å². The molecule has 1 aliphatic carbocycles. The molecular formula is C14H18ClNO4S. The molecule has 1 aromatic carbocycles. The molecule has 0 radical (unpaired) electrons. The van der Waals surface area contributed by atoms with Gasteiger partial charge in [0.25, 0.3) is 0 Å². The van der Waals surface area contributed by atoms with Crippen LogP contribution in [0.1, 0.15) is 29.6 Å². The van der Waals surface area contributed by atoms with Gasteiger partial charge >= 0.3 is 5.97 Å². The zero-order valence-electron chi connectivity index (χ0n) is 11.9. The second kappa shape index (κ2) is 6.23. The number of methoxy groups -OCH3 is 1. The minimum absolute atomic E-state index is 0.220. The molecular weight excluding hydrogens is 314 g/mol. The third-order valence-electron chi connectivity index (χ3n) is 3.73. The van der Waals surface area contributed by atoms with Gasteiger partial charge in [0.15, 0.2) is 9.84 Å². The first-order valence-corrected chi connectivity index (χ1v) is 8.99. The van der Waals surface area contributed by atoms with Gasteiger partial charge in [-0.2, -0.15) is 0 Å². The van der Waals surface area contributed by atoms with E-state index in [1.807, 2.05) is 0 Å². The summed E-state index contributed by atoms with van der Waals surface area (Å²) in [6, 6.07) is 4.57. The van der Waals surface area contributed by atoms with Crippen LogP contribution in [0.3, 0.4) is 0 Å². The molecule has 1 saturated carbocycles. The number of carbonyl (C=O) groups excluding carboxylic acids is 1. The fourth-order valence-corrected chi connectivity index (χ4v) is 4.30. The third-order valence-corrected chi connectivity index (χ3v) is 5.63. The molecule has 2 rings (SSSR count). The summed E-state index contributed by atoms with van der Waals surface area (Å²) >= 11 is 5.97. The highest BCUT2D eigenvalue weighted by Crippen LogP contribution is 2.30. The van der Waals surface area contributed by atoms with Crippen LogP contribution in [0, 0.1) is 0 Å². The van der Waals surface area contributed by atoms with E-state index in [1.165, 1.54) is 13.4 Å². The van der Waals surface area contributed by atoms with Crippen molar-refractivity contribution in [1.82, 2.24) is 0 Å². The summed E-state index contributed by atoms with van der Waals surface area (Å²) in [6.45, 7) is 0. The van der Waals surface area contributed by atoms with Crippen molar-refractivity contribution < 1.29 is 17.9 Å². The van der Waals surface area contributed by atoms with Crippen LogP contribution in [-0.2, 0) is 14.6 Å². The number of ether oxygens (including phenoxy) is 1. The zero-order valence-corrected chi connectivity index (χ0v) is 13.5. The van der Waals surface area contributed by atoms with Crippen LogP contribution >= 0.6 is 11.6 Å². The molecule has 1 fully saturated rings. The molecule has 0 spiro atoms. The maximum absolute atomic E-state index is 11.8. The number of anilines is 1. The van der Waals surface area contributed by atoms with E-state index >= 15 is 0 Å². The van der Waals surface area contributed by atoms with Crippen LogP contribution in [0.5, 0.6) is 0 Å². The highest BCUT2D eigenvalue weighted by molar-refractivity contribution is 7.91. The number of halogens is 1. The summed E-state index contributed by atoms with van der Waals surface area (Å²) in [5, 5.41) is 3.19. The maximum Gasteiger partial charge on any atom is 0.339 e. The van der Waals surface area contributed by atoms with Gasteiger partial charge in [0.2, 0.25) is 0 Å². The van der Waals surface area contributed by atoms with Crippen LogP contribution in [-0.4, -0.2) is 39.0 Å². The van der Waals surface area contributed by atoms with Crippen LogP contribution in [0.15, 0.2) is 18.2 Å². The molecule has 1 aromatic rings. The lowest BCUT2D eigenvalue weighted by Gasteiger charge is -2.22. The van der Waals surface area contributed by atoms with E-state index in [9.17, 15) is 13.2 Å². The van der Waals surface area contributed by atoms with Crippen molar-refractivity contribution >= 4 is 33.1 Å². The molecule has 2 atom stereocenters. The lowest BCUT2D eigenvalue weighted by Crippen LogP contribution is -2.34. The monoisotopic (exact) mass is 331 g/mol. The molecule has 0 amide bonds. The highest BCUT2D eigenvalue weighted by atomic mass is 35.5. The van der Waals surface area contributed by atoms with Gasteiger partial charge in [0.1, 0.15) is 0 Å². The molecule has 21 heavy (non-hydrogen) atoms. The highest BCUT2D eigenvalue weighted by Gasteiger charge is 2.35. The number of hydrogen-bond acceptors (Lipinski definition) is 5. The Balaban J connectivity index is 2.30. The van der Waals surface area contributed by atoms with Gasteiger partial charge in [-0.25, -0.2) is 13.2 Å². The third kappa shape index (κ3) is 3.68. The van der Waals surface area contributed by atoms with Crippen molar-refractivity contribution in [3.8, 4) is 0 Å². The second-order valence-corrected chi connectivity index (χ2v) is 7.93. The van der Waals surface area contributed by atoms with E-state index in [1.54, 1.807) is 18.2 Å². The molecule has 0 saturated heterocycles. The molecule has 7 heteroatoms. The number of hydrogen-bond donors (Lipinski definition) is 1. The van der Waals surface area contributed by atoms with Gasteiger partial charge in [-0.3, -0.25) is 0 Å². The number of benzene rings is 1. The van der Waals surface area contributed by atoms with Crippen molar-refractivity contribution in [3.63, 3.8) is 0 Å². The number of esters is 1. The number of rotatable bonds is 4. The quantitative estimate of drug-likeness (QED) is 0.858. The van der Waals surface area contributed by atoms with Gasteiger partial charge in [0.05, 0.1) is 23.6 Å². The van der Waals surface area contributed by atoms with Crippen molar-refractivity contribution in [2.75, 3.05) is 18.7 Å². The first kappa shape index (κ1) is 16.1. The summed E-state index contributed by atoms with van der Waals surface area (Å²) in [7, 11) is -1.83. The van der Waals surface area contributed by atoms with E-state index < -0.39 is 21.1 Å². The lowest BCUT2D eigenvalue weighted by atomic mass is 10.1. The standard InChI is InChI=1S/C14H18ClNO4S/c1-20-14(17)10-7-6-9(15)8-12(10)16-11-4-3-5-13(11)21(2,18)19/h6-8,11,13,16H,3-5H2,1-2H3. The first-order chi connectivity index (χ1) is 9.82. The van der Waals surface area contributed by atoms with E-state index in [0.717, 1.165) is 12.8 Å². The largest absolute Gasteiger partial charge is 0.465 e. The predicted molar refractivity (Wildman–Crippen MR) is 82.7 cm³/mol. The summed E-state index contributed by atoms with van der Waals surface area (Å²) in [4.78, 5) is 11.8. The molecule has 116 valence electrons. The first-order valence-electron chi connectivity index (χ1n) is 6.66. The van der Waals surface area contributed by atoms with E-state index in [-0.39, 0.29) is 6.04 Å². The van der Waals surface area contributed by atoms with Gasteiger partial charge < -0.3 is 10.1 Å². The van der Waals surface area contributed by atoms with Crippen LogP contribution < -0.4 is 5.32 Å². The fraction of sp³-hybridized carbons (Fsp3) is 0.500. The average molecular weight is 332 g/mol.